The molecule has 0 bridgehead atoms. The Morgan fingerprint density at radius 3 is 2.62 bits per heavy atom. The third-order valence-electron chi connectivity index (χ3n) is 3.53. The Balaban J connectivity index is 2.09. The van der Waals surface area contributed by atoms with Crippen LogP contribution in [0.3, 0.4) is 0 Å². The van der Waals surface area contributed by atoms with Gasteiger partial charge in [0.15, 0.2) is 5.11 Å². The molecule has 1 fully saturated rings. The van der Waals surface area contributed by atoms with Gasteiger partial charge in [-0.15, -0.1) is 0 Å². The highest BCUT2D eigenvalue weighted by Crippen LogP contribution is 2.33. The zero-order valence-corrected chi connectivity index (χ0v) is 16.7. The van der Waals surface area contributed by atoms with Crippen molar-refractivity contribution < 1.29 is 14.7 Å². The summed E-state index contributed by atoms with van der Waals surface area (Å²) in [6.07, 6.45) is 1.22. The smallest absolute Gasteiger partial charge is 0.270 e. The molecule has 2 aromatic carbocycles. The van der Waals surface area contributed by atoms with Crippen LogP contribution < -0.4 is 10.2 Å². The second-order valence-electron chi connectivity index (χ2n) is 5.26. The largest absolute Gasteiger partial charge is 0.506 e. The van der Waals surface area contributed by atoms with Crippen molar-refractivity contribution in [2.24, 2.45) is 0 Å². The minimum atomic E-state index is -0.679. The highest BCUT2D eigenvalue weighted by Gasteiger charge is 2.34. The quantitative estimate of drug-likeness (QED) is 0.389. The molecule has 5 nitrogen and oxygen atoms in total. The number of amides is 2. The number of anilines is 1. The first-order valence-electron chi connectivity index (χ1n) is 7.13. The lowest BCUT2D eigenvalue weighted by Crippen LogP contribution is -2.54. The lowest BCUT2D eigenvalue weighted by molar-refractivity contribution is -0.122. The van der Waals surface area contributed by atoms with Crippen LogP contribution in [0.15, 0.2) is 46.4 Å². The molecule has 26 heavy (non-hydrogen) atoms. The van der Waals surface area contributed by atoms with Crippen LogP contribution in [0.25, 0.3) is 6.08 Å². The number of nitrogens with one attached hydrogen (secondary N) is 1. The highest BCUT2D eigenvalue weighted by molar-refractivity contribution is 9.10. The first-order chi connectivity index (χ1) is 12.3. The minimum Gasteiger partial charge on any atom is -0.506 e. The number of aromatic hydroxyl groups is 1. The number of nitrogens with zero attached hydrogens (tertiary/aromatic N) is 1. The van der Waals surface area contributed by atoms with E-state index >= 15 is 0 Å². The predicted octanol–water partition coefficient (Wildman–Crippen LogP) is 4.29. The molecule has 1 saturated heterocycles. The topological polar surface area (TPSA) is 69.6 Å². The van der Waals surface area contributed by atoms with Crippen molar-refractivity contribution in [2.45, 2.75) is 0 Å². The van der Waals surface area contributed by atoms with Gasteiger partial charge >= 0.3 is 0 Å². The first-order valence-corrected chi connectivity index (χ1v) is 9.08. The highest BCUT2D eigenvalue weighted by atomic mass is 79.9. The van der Waals surface area contributed by atoms with Crippen LogP contribution in [0, 0.1) is 0 Å². The zero-order valence-electron chi connectivity index (χ0n) is 12.8. The van der Waals surface area contributed by atoms with Crippen LogP contribution in [0.4, 0.5) is 5.69 Å². The summed E-state index contributed by atoms with van der Waals surface area (Å²) in [7, 11) is 0. The van der Waals surface area contributed by atoms with E-state index in [1.54, 1.807) is 24.3 Å². The molecular weight excluding hydrogens is 463 g/mol. The van der Waals surface area contributed by atoms with Gasteiger partial charge in [-0.2, -0.15) is 0 Å². The van der Waals surface area contributed by atoms with Crippen LogP contribution in [0.5, 0.6) is 5.75 Å². The lowest BCUT2D eigenvalue weighted by atomic mass is 10.1. The van der Waals surface area contributed by atoms with Gasteiger partial charge in [-0.1, -0.05) is 45.2 Å². The average molecular weight is 472 g/mol. The lowest BCUT2D eigenvalue weighted by Gasteiger charge is -2.29. The molecule has 1 heterocycles. The SMILES string of the molecule is O=C1NC(=S)N(c2cccc(Br)c2)C(=O)/C1=C\c1cc(Cl)cc(Cl)c1O. The molecule has 2 aromatic rings. The van der Waals surface area contributed by atoms with Gasteiger partial charge in [-0.05, 0) is 48.6 Å². The number of carbonyl (C=O) groups excluding carboxylic acids is 2. The second-order valence-corrected chi connectivity index (χ2v) is 7.41. The van der Waals surface area contributed by atoms with Crippen molar-refractivity contribution in [3.8, 4) is 5.75 Å². The molecule has 9 heteroatoms. The summed E-state index contributed by atoms with van der Waals surface area (Å²) in [5.74, 6) is -1.60. The summed E-state index contributed by atoms with van der Waals surface area (Å²) in [6, 6.07) is 9.64. The number of phenols is 1. The molecule has 0 radical (unpaired) electrons. The van der Waals surface area contributed by atoms with Gasteiger partial charge in [-0.3, -0.25) is 19.8 Å². The van der Waals surface area contributed by atoms with E-state index in [1.807, 2.05) is 0 Å². The first kappa shape index (κ1) is 18.8. The van der Waals surface area contributed by atoms with E-state index in [4.69, 9.17) is 35.4 Å². The molecule has 0 spiro atoms. The van der Waals surface area contributed by atoms with Crippen LogP contribution in [-0.4, -0.2) is 22.0 Å². The van der Waals surface area contributed by atoms with Gasteiger partial charge in [-0.25, -0.2) is 0 Å². The number of thiocarbonyl (C=S) groups is 1. The molecule has 0 saturated carbocycles. The third kappa shape index (κ3) is 3.61. The van der Waals surface area contributed by atoms with Crippen molar-refractivity contribution in [1.29, 1.82) is 0 Å². The van der Waals surface area contributed by atoms with E-state index < -0.39 is 11.8 Å². The fourth-order valence-corrected chi connectivity index (χ4v) is 3.54. The molecule has 0 atom stereocenters. The molecule has 2 N–H and O–H groups in total. The van der Waals surface area contributed by atoms with Crippen LogP contribution in [-0.2, 0) is 9.59 Å². The van der Waals surface area contributed by atoms with Gasteiger partial charge in [0.25, 0.3) is 11.8 Å². The molecule has 0 aromatic heterocycles. The molecule has 0 aliphatic carbocycles. The van der Waals surface area contributed by atoms with E-state index in [9.17, 15) is 14.7 Å². The molecule has 0 unspecified atom stereocenters. The summed E-state index contributed by atoms with van der Waals surface area (Å²) < 4.78 is 0.743. The van der Waals surface area contributed by atoms with Crippen LogP contribution in [0.1, 0.15) is 5.56 Å². The molecule has 2 amide bonds. The molecule has 3 rings (SSSR count). The Hall–Kier alpha value is -1.93. The number of hydrogen-bond acceptors (Lipinski definition) is 4. The van der Waals surface area contributed by atoms with Gasteiger partial charge < -0.3 is 5.11 Å². The second kappa shape index (κ2) is 7.36. The normalized spacial score (nSPS) is 16.2. The van der Waals surface area contributed by atoms with Crippen LogP contribution in [0.2, 0.25) is 10.0 Å². The fraction of sp³-hybridized carbons (Fsp3) is 0. The third-order valence-corrected chi connectivity index (χ3v) is 4.81. The van der Waals surface area contributed by atoms with Crippen molar-refractivity contribution in [3.05, 3.63) is 62.1 Å². The zero-order chi connectivity index (χ0) is 19.0. The van der Waals surface area contributed by atoms with E-state index in [-0.39, 0.29) is 32.0 Å². The van der Waals surface area contributed by atoms with Gasteiger partial charge in [0.05, 0.1) is 10.7 Å². The average Bonchev–Trinajstić information content (AvgIpc) is 2.55. The molecule has 1 aliphatic rings. The van der Waals surface area contributed by atoms with Crippen molar-refractivity contribution in [1.82, 2.24) is 5.32 Å². The maximum Gasteiger partial charge on any atom is 0.270 e. The van der Waals surface area contributed by atoms with E-state index in [0.29, 0.717) is 5.69 Å². The predicted molar refractivity (Wildman–Crippen MR) is 108 cm³/mol. The summed E-state index contributed by atoms with van der Waals surface area (Å²) in [5, 5.41) is 12.8. The van der Waals surface area contributed by atoms with Crippen molar-refractivity contribution in [2.75, 3.05) is 4.90 Å². The van der Waals surface area contributed by atoms with E-state index in [1.165, 1.54) is 23.1 Å². The maximum absolute atomic E-state index is 12.9. The van der Waals surface area contributed by atoms with Gasteiger partial charge in [0, 0.05) is 15.1 Å². The summed E-state index contributed by atoms with van der Waals surface area (Å²) >= 11 is 20.3. The fourth-order valence-electron chi connectivity index (χ4n) is 2.36. The van der Waals surface area contributed by atoms with Crippen molar-refractivity contribution >= 4 is 80.0 Å². The maximum atomic E-state index is 12.9. The number of hydrogen-bond donors (Lipinski definition) is 2. The Morgan fingerprint density at radius 1 is 1.19 bits per heavy atom. The molecule has 132 valence electrons. The van der Waals surface area contributed by atoms with E-state index in [2.05, 4.69) is 21.2 Å². The Kier molecular flexibility index (Phi) is 5.34. The molecule has 1 aliphatic heterocycles. The summed E-state index contributed by atoms with van der Waals surface area (Å²) in [4.78, 5) is 26.4. The van der Waals surface area contributed by atoms with Gasteiger partial charge in [0.2, 0.25) is 0 Å². The van der Waals surface area contributed by atoms with E-state index in [0.717, 1.165) is 4.47 Å². The number of halogens is 3. The monoisotopic (exact) mass is 470 g/mol. The number of benzene rings is 2. The number of rotatable bonds is 2. The Morgan fingerprint density at radius 2 is 1.92 bits per heavy atom. The number of phenolic OH excluding ortho intramolecular Hbond substituents is 1. The Labute approximate surface area is 172 Å². The summed E-state index contributed by atoms with van der Waals surface area (Å²) in [5.41, 5.74) is 0.406. The van der Waals surface area contributed by atoms with Gasteiger partial charge in [0.1, 0.15) is 11.3 Å². The standard InChI is InChI=1S/C17H9BrCl2N2O3S/c18-9-2-1-3-11(6-9)22-16(25)12(15(24)21-17(22)26)5-8-4-10(19)7-13(20)14(8)23/h1-7,23H,(H,21,24,26)/b12-5-. The summed E-state index contributed by atoms with van der Waals surface area (Å²) in [6.45, 7) is 0. The van der Waals surface area contributed by atoms with Crippen molar-refractivity contribution in [3.63, 3.8) is 0 Å². The Bertz CT molecular complexity index is 994. The van der Waals surface area contributed by atoms with Crippen LogP contribution >= 0.6 is 51.3 Å². The minimum absolute atomic E-state index is 0.00684. The number of carbonyl (C=O) groups is 2. The molecular formula is C17H9BrCl2N2O3S.